The van der Waals surface area contributed by atoms with Gasteiger partial charge in [-0.15, -0.1) is 0 Å². The molecule has 0 bridgehead atoms. The van der Waals surface area contributed by atoms with Crippen molar-refractivity contribution >= 4 is 61.5 Å². The van der Waals surface area contributed by atoms with E-state index in [1.807, 2.05) is 0 Å². The Labute approximate surface area is 190 Å². The number of hydrogen-bond acceptors (Lipinski definition) is 4. The van der Waals surface area contributed by atoms with Gasteiger partial charge in [0, 0.05) is 0 Å². The molecule has 1 atom stereocenters. The van der Waals surface area contributed by atoms with Gasteiger partial charge in [-0.3, -0.25) is 9.29 Å². The first kappa shape index (κ1) is 31.6. The number of hydrogen-bond donors (Lipinski definition) is 1. The molecule has 0 aliphatic rings. The molecule has 22 heteroatoms. The van der Waals surface area contributed by atoms with Crippen LogP contribution in [0.3, 0.4) is 0 Å². The SMILES string of the molecule is O=S(=O)(O)C(F)(F)C(F)(F)OC(F)(C(F)(F)F)C(F)(F)OC(F)(F)C(F)(F)F.[KH]. The second-order valence-corrected chi connectivity index (χ2v) is 5.80. The Bertz CT molecular complexity index is 684. The Morgan fingerprint density at radius 3 is 1.14 bits per heavy atom. The summed E-state index contributed by atoms with van der Waals surface area (Å²) in [5.74, 6) is -7.92. The quantitative estimate of drug-likeness (QED) is 0.316. The number of ether oxygens (including phenoxy) is 2. The molecule has 0 fully saturated rings. The minimum absolute atomic E-state index is 0. The minimum atomic E-state index is -7.92. The molecule has 0 heterocycles. The van der Waals surface area contributed by atoms with Gasteiger partial charge in [-0.25, -0.2) is 4.74 Å². The van der Waals surface area contributed by atoms with Crippen LogP contribution in [0.25, 0.3) is 0 Å². The first-order valence-electron chi connectivity index (χ1n) is 5.37. The van der Waals surface area contributed by atoms with Crippen molar-refractivity contribution in [3.05, 3.63) is 0 Å². The van der Waals surface area contributed by atoms with Crippen molar-refractivity contribution in [2.75, 3.05) is 0 Å². The summed E-state index contributed by atoms with van der Waals surface area (Å²) in [7, 11) is -7.54. The predicted molar refractivity (Wildman–Crippen MR) is 56.6 cm³/mol. The van der Waals surface area contributed by atoms with Crippen LogP contribution in [0.4, 0.5) is 65.9 Å². The van der Waals surface area contributed by atoms with E-state index in [1.165, 1.54) is 9.47 Å². The summed E-state index contributed by atoms with van der Waals surface area (Å²) in [6.07, 6.45) is -38.0. The molecule has 0 aliphatic carbocycles. The molecule has 0 saturated carbocycles. The summed E-state index contributed by atoms with van der Waals surface area (Å²) in [6.45, 7) is 0. The van der Waals surface area contributed by atoms with Crippen molar-refractivity contribution in [3.63, 3.8) is 0 Å². The number of rotatable bonds is 7. The molecule has 1 N–H and O–H groups in total. The Hall–Kier alpha value is 0.416. The van der Waals surface area contributed by atoms with E-state index in [4.69, 9.17) is 4.55 Å². The van der Waals surface area contributed by atoms with Crippen LogP contribution in [0, 0.1) is 0 Å². The first-order valence-corrected chi connectivity index (χ1v) is 6.81. The van der Waals surface area contributed by atoms with Gasteiger partial charge in [0.15, 0.2) is 0 Å². The fourth-order valence-electron chi connectivity index (χ4n) is 0.953. The van der Waals surface area contributed by atoms with Gasteiger partial charge in [0.1, 0.15) is 0 Å². The summed E-state index contributed by atoms with van der Waals surface area (Å²) >= 11 is 0. The Kier molecular flexibility index (Phi) is 9.16. The zero-order valence-electron chi connectivity index (χ0n) is 11.7. The van der Waals surface area contributed by atoms with E-state index in [2.05, 4.69) is 0 Å². The molecule has 0 spiro atoms. The normalized spacial score (nSPS) is 17.5. The summed E-state index contributed by atoms with van der Waals surface area (Å²) in [4.78, 5) is 0. The van der Waals surface area contributed by atoms with E-state index in [0.717, 1.165) is 0 Å². The van der Waals surface area contributed by atoms with Crippen LogP contribution in [-0.2, 0) is 19.6 Å². The maximum absolute atomic E-state index is 13.4. The monoisotopic (exact) mass is 522 g/mol. The Morgan fingerprint density at radius 2 is 0.897 bits per heavy atom. The molecule has 0 radical (unpaired) electrons. The van der Waals surface area contributed by atoms with Crippen LogP contribution in [0.2, 0.25) is 0 Å². The van der Waals surface area contributed by atoms with Crippen LogP contribution in [0.5, 0.6) is 0 Å². The van der Waals surface area contributed by atoms with Crippen molar-refractivity contribution in [2.24, 2.45) is 0 Å². The van der Waals surface area contributed by atoms with E-state index in [-0.39, 0.29) is 51.4 Å². The van der Waals surface area contributed by atoms with Crippen molar-refractivity contribution < 1.29 is 88.3 Å². The Balaban J connectivity index is 0. The molecule has 0 amide bonds. The zero-order chi connectivity index (χ0) is 23.4. The van der Waals surface area contributed by atoms with Gasteiger partial charge < -0.3 is 0 Å². The molecule has 1 unspecified atom stereocenters. The summed E-state index contributed by atoms with van der Waals surface area (Å²) in [5.41, 5.74) is 0. The standard InChI is InChI=1S/C7HF15O5S.K.H/c8-1(2(9,10)11,4(15,16)27-5(17,18)3(12,13)14)26-6(19,20)7(21,22)28(23,24)25;;/h(H,23,24,25);;. The average molecular weight is 522 g/mol. The molecule has 0 rings (SSSR count). The van der Waals surface area contributed by atoms with E-state index < -0.39 is 51.9 Å². The second-order valence-electron chi connectivity index (χ2n) is 4.34. The zero-order valence-corrected chi connectivity index (χ0v) is 12.5. The van der Waals surface area contributed by atoms with Gasteiger partial charge in [0.2, 0.25) is 0 Å². The molecular weight excluding hydrogens is 520 g/mol. The fourth-order valence-corrected chi connectivity index (χ4v) is 1.29. The van der Waals surface area contributed by atoms with Gasteiger partial charge in [-0.2, -0.15) is 74.3 Å². The molecule has 29 heavy (non-hydrogen) atoms. The number of halogens is 15. The molecule has 0 aliphatic heterocycles. The maximum atomic E-state index is 13.4. The van der Waals surface area contributed by atoms with Gasteiger partial charge >= 0.3 is 103 Å². The van der Waals surface area contributed by atoms with Gasteiger partial charge in [0.05, 0.1) is 0 Å². The third kappa shape index (κ3) is 6.02. The molecule has 0 aromatic carbocycles. The third-order valence-electron chi connectivity index (χ3n) is 2.26. The second kappa shape index (κ2) is 8.40. The third-order valence-corrected chi connectivity index (χ3v) is 3.14. The molecular formula is C7H2F15KO5S. The van der Waals surface area contributed by atoms with Gasteiger partial charge in [-0.05, 0) is 0 Å². The van der Waals surface area contributed by atoms with E-state index in [1.54, 1.807) is 0 Å². The van der Waals surface area contributed by atoms with Crippen molar-refractivity contribution in [2.45, 2.75) is 41.8 Å². The van der Waals surface area contributed by atoms with Gasteiger partial charge in [-0.1, -0.05) is 0 Å². The Morgan fingerprint density at radius 1 is 0.552 bits per heavy atom. The molecule has 0 aromatic heterocycles. The molecule has 5 nitrogen and oxygen atoms in total. The topological polar surface area (TPSA) is 72.8 Å². The molecule has 0 saturated heterocycles. The predicted octanol–water partition coefficient (Wildman–Crippen LogP) is 3.42. The van der Waals surface area contributed by atoms with Crippen LogP contribution < -0.4 is 0 Å². The summed E-state index contributed by atoms with van der Waals surface area (Å²) in [6, 6.07) is 0. The number of alkyl halides is 15. The summed E-state index contributed by atoms with van der Waals surface area (Å²) in [5, 5.41) is -7.33. The van der Waals surface area contributed by atoms with Crippen LogP contribution in [0.15, 0.2) is 0 Å². The first-order chi connectivity index (χ1) is 11.7. The van der Waals surface area contributed by atoms with E-state index in [9.17, 15) is 74.3 Å². The van der Waals surface area contributed by atoms with Crippen molar-refractivity contribution in [3.8, 4) is 0 Å². The van der Waals surface area contributed by atoms with E-state index in [0.29, 0.717) is 0 Å². The van der Waals surface area contributed by atoms with Crippen molar-refractivity contribution in [1.82, 2.24) is 0 Å². The fraction of sp³-hybridized carbons (Fsp3) is 1.00. The molecule has 172 valence electrons. The van der Waals surface area contributed by atoms with E-state index >= 15 is 0 Å². The van der Waals surface area contributed by atoms with Crippen LogP contribution in [-0.4, -0.2) is 106 Å². The summed E-state index contributed by atoms with van der Waals surface area (Å²) < 4.78 is 217. The van der Waals surface area contributed by atoms with Crippen LogP contribution >= 0.6 is 0 Å². The van der Waals surface area contributed by atoms with Crippen LogP contribution in [0.1, 0.15) is 0 Å². The van der Waals surface area contributed by atoms with Gasteiger partial charge in [0.25, 0.3) is 0 Å². The van der Waals surface area contributed by atoms with Crippen molar-refractivity contribution in [1.29, 1.82) is 0 Å². The molecule has 0 aromatic rings. The average Bonchev–Trinajstić information content (AvgIpc) is 2.31.